The number of halogens is 6. The second-order valence-electron chi connectivity index (χ2n) is 3.93. The minimum atomic E-state index is -2.18. The Hall–Kier alpha value is -2.51. The van der Waals surface area contributed by atoms with Crippen molar-refractivity contribution < 1.29 is 31.1 Å². The van der Waals surface area contributed by atoms with E-state index in [1.165, 1.54) is 0 Å². The molecule has 0 aliphatic rings. The van der Waals surface area contributed by atoms with Gasteiger partial charge in [-0.05, 0) is 18.2 Å². The summed E-state index contributed by atoms with van der Waals surface area (Å²) in [6, 6.07) is 2.15. The van der Waals surface area contributed by atoms with Crippen LogP contribution in [0.2, 0.25) is 0 Å². The minimum Gasteiger partial charge on any atom is -0.319 e. The van der Waals surface area contributed by atoms with E-state index >= 15 is 0 Å². The van der Waals surface area contributed by atoms with E-state index in [-0.39, 0.29) is 6.07 Å². The third-order valence-corrected chi connectivity index (χ3v) is 2.52. The van der Waals surface area contributed by atoms with Crippen molar-refractivity contribution in [1.29, 1.82) is 0 Å². The van der Waals surface area contributed by atoms with Gasteiger partial charge < -0.3 is 5.32 Å². The zero-order valence-electron chi connectivity index (χ0n) is 9.99. The zero-order chi connectivity index (χ0) is 15.7. The molecule has 8 heteroatoms. The average Bonchev–Trinajstić information content (AvgIpc) is 2.44. The molecule has 2 aromatic rings. The molecule has 110 valence electrons. The topological polar surface area (TPSA) is 29.1 Å². The summed E-state index contributed by atoms with van der Waals surface area (Å²) in [6.45, 7) is 0. The lowest BCUT2D eigenvalue weighted by atomic mass is 10.1. The van der Waals surface area contributed by atoms with Gasteiger partial charge in [-0.25, -0.2) is 26.3 Å². The molecule has 0 spiro atoms. The molecule has 0 radical (unpaired) electrons. The van der Waals surface area contributed by atoms with Crippen LogP contribution in [-0.2, 0) is 0 Å². The van der Waals surface area contributed by atoms with E-state index in [1.807, 2.05) is 0 Å². The van der Waals surface area contributed by atoms with Crippen LogP contribution in [0, 0.1) is 34.9 Å². The van der Waals surface area contributed by atoms with Crippen molar-refractivity contribution in [3.8, 4) is 0 Å². The number of carbonyl (C=O) groups excluding carboxylic acids is 1. The van der Waals surface area contributed by atoms with E-state index in [0.717, 1.165) is 6.07 Å². The van der Waals surface area contributed by atoms with Crippen molar-refractivity contribution in [2.45, 2.75) is 0 Å². The van der Waals surface area contributed by atoms with Gasteiger partial charge in [-0.15, -0.1) is 0 Å². The maximum Gasteiger partial charge on any atom is 0.258 e. The standard InChI is InChI=1S/C13H5F6NO/c14-5-1-2-7(15)9(3-5)20-13(21)6-4-8(16)11(18)12(19)10(6)17/h1-4H,(H,20,21). The van der Waals surface area contributed by atoms with Gasteiger partial charge in [0.1, 0.15) is 11.6 Å². The number of nitrogens with one attached hydrogen (secondary N) is 1. The second kappa shape index (κ2) is 5.47. The Morgan fingerprint density at radius 1 is 0.810 bits per heavy atom. The number of hydrogen-bond donors (Lipinski definition) is 1. The van der Waals surface area contributed by atoms with Crippen molar-refractivity contribution in [3.05, 3.63) is 64.7 Å². The molecule has 0 saturated carbocycles. The van der Waals surface area contributed by atoms with Gasteiger partial charge in [0, 0.05) is 6.07 Å². The van der Waals surface area contributed by atoms with E-state index in [9.17, 15) is 31.1 Å². The summed E-state index contributed by atoms with van der Waals surface area (Å²) in [6.07, 6.45) is 0. The molecule has 2 nitrogen and oxygen atoms in total. The molecule has 0 fully saturated rings. The molecule has 0 atom stereocenters. The van der Waals surface area contributed by atoms with Gasteiger partial charge in [-0.3, -0.25) is 4.79 Å². The number of rotatable bonds is 2. The third kappa shape index (κ3) is 2.83. The molecule has 0 aliphatic carbocycles. The van der Waals surface area contributed by atoms with Crippen LogP contribution in [0.15, 0.2) is 24.3 Å². The van der Waals surface area contributed by atoms with Crippen LogP contribution in [-0.4, -0.2) is 5.91 Å². The first kappa shape index (κ1) is 14.9. The lowest BCUT2D eigenvalue weighted by molar-refractivity contribution is 0.102. The Labute approximate surface area is 114 Å². The number of amides is 1. The van der Waals surface area contributed by atoms with E-state index in [4.69, 9.17) is 0 Å². The van der Waals surface area contributed by atoms with Crippen LogP contribution in [0.25, 0.3) is 0 Å². The zero-order valence-corrected chi connectivity index (χ0v) is 9.99. The molecule has 1 amide bonds. The molecule has 2 aromatic carbocycles. The lowest BCUT2D eigenvalue weighted by Gasteiger charge is -2.08. The first-order valence-electron chi connectivity index (χ1n) is 5.40. The summed E-state index contributed by atoms with van der Waals surface area (Å²) < 4.78 is 78.3. The van der Waals surface area contributed by atoms with Crippen molar-refractivity contribution in [2.24, 2.45) is 0 Å². The maximum absolute atomic E-state index is 13.4. The Morgan fingerprint density at radius 3 is 2.14 bits per heavy atom. The monoisotopic (exact) mass is 305 g/mol. The van der Waals surface area contributed by atoms with Crippen LogP contribution in [0.1, 0.15) is 10.4 Å². The Bertz CT molecular complexity index is 731. The average molecular weight is 305 g/mol. The van der Waals surface area contributed by atoms with E-state index in [1.54, 1.807) is 5.32 Å². The fourth-order valence-electron chi connectivity index (χ4n) is 1.52. The highest BCUT2D eigenvalue weighted by molar-refractivity contribution is 6.04. The van der Waals surface area contributed by atoms with E-state index in [0.29, 0.717) is 12.1 Å². The Kier molecular flexibility index (Phi) is 3.88. The first-order chi connectivity index (χ1) is 9.81. The maximum atomic E-state index is 13.4. The second-order valence-corrected chi connectivity index (χ2v) is 3.93. The predicted molar refractivity (Wildman–Crippen MR) is 60.6 cm³/mol. The summed E-state index contributed by atoms with van der Waals surface area (Å²) in [5.41, 5.74) is -1.85. The van der Waals surface area contributed by atoms with Gasteiger partial charge in [0.15, 0.2) is 23.3 Å². The van der Waals surface area contributed by atoms with E-state index in [2.05, 4.69) is 0 Å². The summed E-state index contributed by atoms with van der Waals surface area (Å²) in [5, 5.41) is 1.73. The molecule has 0 unspecified atom stereocenters. The van der Waals surface area contributed by atoms with Gasteiger partial charge in [0.2, 0.25) is 0 Å². The molecule has 0 bridgehead atoms. The molecule has 0 heterocycles. The van der Waals surface area contributed by atoms with Gasteiger partial charge in [-0.1, -0.05) is 0 Å². The fourth-order valence-corrected chi connectivity index (χ4v) is 1.52. The molecule has 0 aromatic heterocycles. The molecule has 0 aliphatic heterocycles. The van der Waals surface area contributed by atoms with Crippen molar-refractivity contribution in [3.63, 3.8) is 0 Å². The smallest absolute Gasteiger partial charge is 0.258 e. The van der Waals surface area contributed by atoms with Crippen LogP contribution in [0.5, 0.6) is 0 Å². The predicted octanol–water partition coefficient (Wildman–Crippen LogP) is 3.77. The lowest BCUT2D eigenvalue weighted by Crippen LogP contribution is -2.17. The van der Waals surface area contributed by atoms with Crippen molar-refractivity contribution in [2.75, 3.05) is 5.32 Å². The number of benzene rings is 2. The summed E-state index contributed by atoms with van der Waals surface area (Å²) in [4.78, 5) is 11.6. The fraction of sp³-hybridized carbons (Fsp3) is 0. The molecule has 21 heavy (non-hydrogen) atoms. The van der Waals surface area contributed by atoms with Gasteiger partial charge in [0.25, 0.3) is 5.91 Å². The van der Waals surface area contributed by atoms with Crippen LogP contribution in [0.4, 0.5) is 32.0 Å². The number of carbonyl (C=O) groups is 1. The molecule has 1 N–H and O–H groups in total. The van der Waals surface area contributed by atoms with Crippen LogP contribution >= 0.6 is 0 Å². The summed E-state index contributed by atoms with van der Waals surface area (Å²) >= 11 is 0. The van der Waals surface area contributed by atoms with Gasteiger partial charge >= 0.3 is 0 Å². The highest BCUT2D eigenvalue weighted by Gasteiger charge is 2.23. The minimum absolute atomic E-state index is 0.111. The molecular weight excluding hydrogens is 300 g/mol. The first-order valence-corrected chi connectivity index (χ1v) is 5.40. The Morgan fingerprint density at radius 2 is 1.48 bits per heavy atom. The van der Waals surface area contributed by atoms with Crippen molar-refractivity contribution >= 4 is 11.6 Å². The van der Waals surface area contributed by atoms with Gasteiger partial charge in [0.05, 0.1) is 11.3 Å². The van der Waals surface area contributed by atoms with Gasteiger partial charge in [-0.2, -0.15) is 0 Å². The number of anilines is 1. The van der Waals surface area contributed by atoms with Crippen molar-refractivity contribution in [1.82, 2.24) is 0 Å². The Balaban J connectivity index is 2.40. The molecular formula is C13H5F6NO. The quantitative estimate of drug-likeness (QED) is 0.511. The van der Waals surface area contributed by atoms with Crippen LogP contribution < -0.4 is 5.32 Å². The van der Waals surface area contributed by atoms with E-state index < -0.39 is 52.1 Å². The highest BCUT2D eigenvalue weighted by atomic mass is 19.2. The summed E-state index contributed by atoms with van der Waals surface area (Å²) in [7, 11) is 0. The highest BCUT2D eigenvalue weighted by Crippen LogP contribution is 2.21. The largest absolute Gasteiger partial charge is 0.319 e. The third-order valence-electron chi connectivity index (χ3n) is 2.52. The van der Waals surface area contributed by atoms with Crippen LogP contribution in [0.3, 0.4) is 0 Å². The summed E-state index contributed by atoms with van der Waals surface area (Å²) in [5.74, 6) is -11.4. The SMILES string of the molecule is O=C(Nc1cc(F)ccc1F)c1cc(F)c(F)c(F)c1F. The normalized spacial score (nSPS) is 10.6. The number of hydrogen-bond acceptors (Lipinski definition) is 1. The molecule has 2 rings (SSSR count). The molecule has 0 saturated heterocycles.